The molecule has 0 saturated heterocycles. The molecule has 0 aliphatic rings. The van der Waals surface area contributed by atoms with E-state index in [0.29, 0.717) is 12.1 Å². The van der Waals surface area contributed by atoms with E-state index in [9.17, 15) is 4.79 Å². The molecule has 2 aromatic carbocycles. The second kappa shape index (κ2) is 5.89. The van der Waals surface area contributed by atoms with Crippen LogP contribution in [0.4, 0.5) is 0 Å². The number of nitrogens with one attached hydrogen (secondary N) is 1. The number of hydrogen-bond donors (Lipinski definition) is 1. The van der Waals surface area contributed by atoms with E-state index < -0.39 is 0 Å². The molecule has 3 aromatic rings. The van der Waals surface area contributed by atoms with E-state index in [2.05, 4.69) is 10.3 Å². The highest BCUT2D eigenvalue weighted by molar-refractivity contribution is 5.97. The van der Waals surface area contributed by atoms with Crippen LogP contribution in [0.3, 0.4) is 0 Å². The number of ether oxygens (including phenoxy) is 1. The third kappa shape index (κ3) is 2.65. The number of amides is 1. The normalized spacial score (nSPS) is 10.6. The van der Waals surface area contributed by atoms with Gasteiger partial charge in [-0.1, -0.05) is 18.2 Å². The molecular weight excluding hydrogens is 278 g/mol. The first kappa shape index (κ1) is 14.1. The Bertz CT molecular complexity index is 824. The van der Waals surface area contributed by atoms with Crippen LogP contribution in [0, 0.1) is 0 Å². The van der Waals surface area contributed by atoms with E-state index in [-0.39, 0.29) is 5.91 Å². The molecule has 0 aliphatic heterocycles. The van der Waals surface area contributed by atoms with E-state index in [0.717, 1.165) is 22.3 Å². The number of imidazole rings is 1. The highest BCUT2D eigenvalue weighted by atomic mass is 16.5. The SMILES string of the molecule is COc1ccccc1CNC(=O)c1ccc2c(c1)ncn2C. The molecule has 0 spiro atoms. The van der Waals surface area contributed by atoms with Crippen molar-refractivity contribution in [1.82, 2.24) is 14.9 Å². The number of fused-ring (bicyclic) bond motifs is 1. The molecule has 1 heterocycles. The molecule has 3 rings (SSSR count). The second-order valence-electron chi connectivity index (χ2n) is 5.05. The second-order valence-corrected chi connectivity index (χ2v) is 5.05. The fourth-order valence-electron chi connectivity index (χ4n) is 2.40. The van der Waals surface area contributed by atoms with Gasteiger partial charge in [0.15, 0.2) is 0 Å². The molecule has 0 radical (unpaired) electrons. The summed E-state index contributed by atoms with van der Waals surface area (Å²) in [5.41, 5.74) is 3.35. The number of carbonyl (C=O) groups is 1. The van der Waals surface area contributed by atoms with Crippen LogP contribution in [0.2, 0.25) is 0 Å². The quantitative estimate of drug-likeness (QED) is 0.804. The Kier molecular flexibility index (Phi) is 3.78. The topological polar surface area (TPSA) is 56.1 Å². The van der Waals surface area contributed by atoms with Gasteiger partial charge in [-0.05, 0) is 24.3 Å². The Morgan fingerprint density at radius 2 is 2.09 bits per heavy atom. The number of rotatable bonds is 4. The van der Waals surface area contributed by atoms with Crippen LogP contribution in [-0.2, 0) is 13.6 Å². The highest BCUT2D eigenvalue weighted by Crippen LogP contribution is 2.17. The number of hydrogen-bond acceptors (Lipinski definition) is 3. The summed E-state index contributed by atoms with van der Waals surface area (Å²) in [5.74, 6) is 0.640. The van der Waals surface area contributed by atoms with E-state index in [4.69, 9.17) is 4.74 Å². The molecule has 1 N–H and O–H groups in total. The lowest BCUT2D eigenvalue weighted by Crippen LogP contribution is -2.23. The van der Waals surface area contributed by atoms with Crippen LogP contribution in [0.15, 0.2) is 48.8 Å². The zero-order chi connectivity index (χ0) is 15.5. The standard InChI is InChI=1S/C17H17N3O2/c1-20-11-19-14-9-12(7-8-15(14)20)17(21)18-10-13-5-3-4-6-16(13)22-2/h3-9,11H,10H2,1-2H3,(H,18,21). The summed E-state index contributed by atoms with van der Waals surface area (Å²) in [6, 6.07) is 13.1. The van der Waals surface area contributed by atoms with Gasteiger partial charge in [0.1, 0.15) is 5.75 Å². The molecule has 0 aliphatic carbocycles. The molecule has 0 saturated carbocycles. The van der Waals surface area contributed by atoms with Crippen molar-refractivity contribution in [3.8, 4) is 5.75 Å². The van der Waals surface area contributed by atoms with Gasteiger partial charge in [0.25, 0.3) is 5.91 Å². The van der Waals surface area contributed by atoms with E-state index in [1.54, 1.807) is 19.5 Å². The average Bonchev–Trinajstić information content (AvgIpc) is 2.93. The lowest BCUT2D eigenvalue weighted by atomic mass is 10.1. The van der Waals surface area contributed by atoms with Gasteiger partial charge in [-0.3, -0.25) is 4.79 Å². The fraction of sp³-hybridized carbons (Fsp3) is 0.176. The largest absolute Gasteiger partial charge is 0.496 e. The molecule has 5 nitrogen and oxygen atoms in total. The number of carbonyl (C=O) groups excluding carboxylic acids is 1. The zero-order valence-electron chi connectivity index (χ0n) is 12.5. The van der Waals surface area contributed by atoms with Crippen LogP contribution in [-0.4, -0.2) is 22.6 Å². The zero-order valence-corrected chi connectivity index (χ0v) is 12.5. The summed E-state index contributed by atoms with van der Waals surface area (Å²) in [5, 5.41) is 2.91. The number of aryl methyl sites for hydroxylation is 1. The first-order valence-electron chi connectivity index (χ1n) is 7.00. The Hall–Kier alpha value is -2.82. The van der Waals surface area contributed by atoms with Gasteiger partial charge in [-0.15, -0.1) is 0 Å². The predicted molar refractivity (Wildman–Crippen MR) is 84.9 cm³/mol. The third-order valence-electron chi connectivity index (χ3n) is 3.62. The summed E-state index contributed by atoms with van der Waals surface area (Å²) < 4.78 is 7.20. The maximum Gasteiger partial charge on any atom is 0.251 e. The molecule has 1 aromatic heterocycles. The maximum absolute atomic E-state index is 12.3. The molecule has 112 valence electrons. The first-order chi connectivity index (χ1) is 10.7. The van der Waals surface area contributed by atoms with Crippen molar-refractivity contribution in [2.24, 2.45) is 7.05 Å². The minimum atomic E-state index is -0.126. The van der Waals surface area contributed by atoms with Crippen LogP contribution in [0.1, 0.15) is 15.9 Å². The van der Waals surface area contributed by atoms with Crippen LogP contribution in [0.5, 0.6) is 5.75 Å². The smallest absolute Gasteiger partial charge is 0.251 e. The minimum absolute atomic E-state index is 0.126. The number of methoxy groups -OCH3 is 1. The van der Waals surface area contributed by atoms with Crippen LogP contribution in [0.25, 0.3) is 11.0 Å². The summed E-state index contributed by atoms with van der Waals surface area (Å²) in [4.78, 5) is 16.6. The lowest BCUT2D eigenvalue weighted by molar-refractivity contribution is 0.0951. The maximum atomic E-state index is 12.3. The molecule has 0 bridgehead atoms. The van der Waals surface area contributed by atoms with Crippen molar-refractivity contribution in [3.63, 3.8) is 0 Å². The molecule has 0 unspecified atom stereocenters. The van der Waals surface area contributed by atoms with Gasteiger partial charge in [0.2, 0.25) is 0 Å². The van der Waals surface area contributed by atoms with Crippen molar-refractivity contribution in [3.05, 3.63) is 59.9 Å². The van der Waals surface area contributed by atoms with E-state index in [1.165, 1.54) is 0 Å². The van der Waals surface area contributed by atoms with Crippen molar-refractivity contribution < 1.29 is 9.53 Å². The highest BCUT2D eigenvalue weighted by Gasteiger charge is 2.09. The van der Waals surface area contributed by atoms with E-state index in [1.807, 2.05) is 48.0 Å². The van der Waals surface area contributed by atoms with Crippen LogP contribution >= 0.6 is 0 Å². The van der Waals surface area contributed by atoms with Gasteiger partial charge < -0.3 is 14.6 Å². The Morgan fingerprint density at radius 1 is 1.27 bits per heavy atom. The van der Waals surface area contributed by atoms with Crippen molar-refractivity contribution in [2.75, 3.05) is 7.11 Å². The van der Waals surface area contributed by atoms with E-state index >= 15 is 0 Å². The van der Waals surface area contributed by atoms with Crippen molar-refractivity contribution >= 4 is 16.9 Å². The first-order valence-corrected chi connectivity index (χ1v) is 7.00. The number of para-hydroxylation sites is 1. The molecule has 1 amide bonds. The number of aromatic nitrogens is 2. The van der Waals surface area contributed by atoms with Crippen LogP contribution < -0.4 is 10.1 Å². The molecule has 22 heavy (non-hydrogen) atoms. The summed E-state index contributed by atoms with van der Waals surface area (Å²) in [6.07, 6.45) is 1.74. The Morgan fingerprint density at radius 3 is 2.91 bits per heavy atom. The molecule has 0 atom stereocenters. The average molecular weight is 295 g/mol. The minimum Gasteiger partial charge on any atom is -0.496 e. The van der Waals surface area contributed by atoms with Crippen molar-refractivity contribution in [1.29, 1.82) is 0 Å². The van der Waals surface area contributed by atoms with Gasteiger partial charge in [-0.25, -0.2) is 4.98 Å². The number of benzene rings is 2. The van der Waals surface area contributed by atoms with Gasteiger partial charge in [-0.2, -0.15) is 0 Å². The fourth-order valence-corrected chi connectivity index (χ4v) is 2.40. The Balaban J connectivity index is 1.75. The third-order valence-corrected chi connectivity index (χ3v) is 3.62. The Labute approximate surface area is 128 Å². The van der Waals surface area contributed by atoms with Gasteiger partial charge in [0.05, 0.1) is 24.5 Å². The predicted octanol–water partition coefficient (Wildman–Crippen LogP) is 2.51. The molecule has 0 fully saturated rings. The van der Waals surface area contributed by atoms with Gasteiger partial charge >= 0.3 is 0 Å². The summed E-state index contributed by atoms with van der Waals surface area (Å²) in [7, 11) is 3.55. The van der Waals surface area contributed by atoms with Gasteiger partial charge in [0, 0.05) is 24.7 Å². The monoisotopic (exact) mass is 295 g/mol. The molecule has 5 heteroatoms. The van der Waals surface area contributed by atoms with Crippen molar-refractivity contribution in [2.45, 2.75) is 6.54 Å². The molecular formula is C17H17N3O2. The number of nitrogens with zero attached hydrogens (tertiary/aromatic N) is 2. The summed E-state index contributed by atoms with van der Waals surface area (Å²) in [6.45, 7) is 0.420. The lowest BCUT2D eigenvalue weighted by Gasteiger charge is -2.09. The summed E-state index contributed by atoms with van der Waals surface area (Å²) >= 11 is 0.